The van der Waals surface area contributed by atoms with E-state index in [2.05, 4.69) is 16.5 Å². The van der Waals surface area contributed by atoms with Gasteiger partial charge in [-0.15, -0.1) is 0 Å². The number of nitrogens with zero attached hydrogens (tertiary/aromatic N) is 3. The Morgan fingerprint density at radius 3 is 2.59 bits per heavy atom. The highest BCUT2D eigenvalue weighted by atomic mass is 32.1. The number of pyridine rings is 1. The molecule has 1 aliphatic heterocycles. The number of aliphatic hydroxyl groups is 1. The van der Waals surface area contributed by atoms with Gasteiger partial charge in [-0.2, -0.15) is 0 Å². The number of aryl methyl sites for hydroxylation is 1. The maximum atomic E-state index is 13.5. The monoisotopic (exact) mass is 567 g/mol. The number of thiazole rings is 1. The zero-order valence-corrected chi connectivity index (χ0v) is 22.8. The van der Waals surface area contributed by atoms with Crippen LogP contribution in [0.15, 0.2) is 97.4 Å². The Hall–Kier alpha value is -5.09. The summed E-state index contributed by atoms with van der Waals surface area (Å²) < 4.78 is 11.2. The topological polar surface area (TPSA) is 119 Å². The number of hydrogen-bond acceptors (Lipinski definition) is 9. The molecule has 0 saturated carbocycles. The van der Waals surface area contributed by atoms with E-state index >= 15 is 0 Å². The molecule has 206 valence electrons. The van der Waals surface area contributed by atoms with Gasteiger partial charge in [0.2, 0.25) is 0 Å². The number of ether oxygens (including phenoxy) is 2. The number of rotatable bonds is 9. The average Bonchev–Trinajstić information content (AvgIpc) is 3.51. The van der Waals surface area contributed by atoms with E-state index in [4.69, 9.17) is 9.47 Å². The van der Waals surface area contributed by atoms with Gasteiger partial charge < -0.3 is 14.6 Å². The van der Waals surface area contributed by atoms with Crippen molar-refractivity contribution in [3.8, 4) is 5.75 Å². The number of anilines is 1. The van der Waals surface area contributed by atoms with Crippen molar-refractivity contribution in [1.29, 1.82) is 0 Å². The fourth-order valence-corrected chi connectivity index (χ4v) is 5.39. The third-order valence-electron chi connectivity index (χ3n) is 6.33. The van der Waals surface area contributed by atoms with Gasteiger partial charge in [0.1, 0.15) is 29.6 Å². The van der Waals surface area contributed by atoms with E-state index in [1.54, 1.807) is 43.3 Å². The summed E-state index contributed by atoms with van der Waals surface area (Å²) in [7, 11) is 0. The summed E-state index contributed by atoms with van der Waals surface area (Å²) in [6.45, 7) is 5.48. The second kappa shape index (κ2) is 12.0. The summed E-state index contributed by atoms with van der Waals surface area (Å²) in [5.74, 6) is -2.24. The standard InChI is InChI=1S/C31H25N3O6S/c1-3-16-39-30(38)28-19(2)33-31(41-28)34-25(24(27(36)29(34)37)26(35)21-12-14-32-15-13-21)22-10-7-11-23(17-22)40-18-20-8-5-4-6-9-20/h3-15,17,25,35H,1,16,18H2,2H3. The molecule has 9 nitrogen and oxygen atoms in total. The third-order valence-corrected chi connectivity index (χ3v) is 7.47. The molecule has 1 fully saturated rings. The normalized spacial score (nSPS) is 16.0. The number of aliphatic hydroxyl groups excluding tert-OH is 1. The predicted molar refractivity (Wildman–Crippen MR) is 154 cm³/mol. The van der Waals surface area contributed by atoms with Crippen LogP contribution in [-0.2, 0) is 20.9 Å². The van der Waals surface area contributed by atoms with Crippen LogP contribution >= 0.6 is 11.3 Å². The lowest BCUT2D eigenvalue weighted by Gasteiger charge is -2.23. The molecule has 5 rings (SSSR count). The van der Waals surface area contributed by atoms with Gasteiger partial charge in [0.25, 0.3) is 5.78 Å². The van der Waals surface area contributed by atoms with Crippen molar-refractivity contribution in [1.82, 2.24) is 9.97 Å². The van der Waals surface area contributed by atoms with Gasteiger partial charge in [0.05, 0.1) is 17.3 Å². The van der Waals surface area contributed by atoms with Crippen LogP contribution in [0.2, 0.25) is 0 Å². The van der Waals surface area contributed by atoms with Crippen LogP contribution in [0.4, 0.5) is 5.13 Å². The number of aromatic nitrogens is 2. The third kappa shape index (κ3) is 5.64. The lowest BCUT2D eigenvalue weighted by molar-refractivity contribution is -0.132. The van der Waals surface area contributed by atoms with Crippen LogP contribution in [0.25, 0.3) is 5.76 Å². The number of ketones is 1. The van der Waals surface area contributed by atoms with Gasteiger partial charge in [-0.05, 0) is 42.3 Å². The Bertz CT molecular complexity index is 1650. The average molecular weight is 568 g/mol. The molecule has 0 bridgehead atoms. The molecule has 1 N–H and O–H groups in total. The molecule has 2 aromatic carbocycles. The lowest BCUT2D eigenvalue weighted by atomic mass is 9.95. The van der Waals surface area contributed by atoms with E-state index in [-0.39, 0.29) is 27.9 Å². The molecule has 0 radical (unpaired) electrons. The summed E-state index contributed by atoms with van der Waals surface area (Å²) in [5, 5.41) is 11.4. The van der Waals surface area contributed by atoms with Crippen LogP contribution in [0.1, 0.15) is 38.1 Å². The molecule has 1 saturated heterocycles. The second-order valence-corrected chi connectivity index (χ2v) is 10.0. The maximum Gasteiger partial charge on any atom is 0.350 e. The van der Waals surface area contributed by atoms with Crippen LogP contribution < -0.4 is 9.64 Å². The first-order chi connectivity index (χ1) is 19.9. The minimum Gasteiger partial charge on any atom is -0.507 e. The SMILES string of the molecule is C=CCOC(=O)c1sc(N2C(=O)C(=O)C(=C(O)c3ccncc3)C2c2cccc(OCc3ccccc3)c2)nc1C. The Morgan fingerprint density at radius 1 is 1.10 bits per heavy atom. The van der Waals surface area contributed by atoms with E-state index in [1.807, 2.05) is 30.3 Å². The molecule has 4 aromatic rings. The number of carbonyl (C=O) groups is 3. The Balaban J connectivity index is 1.60. The molecule has 0 spiro atoms. The number of amides is 1. The smallest absolute Gasteiger partial charge is 0.350 e. The van der Waals surface area contributed by atoms with E-state index in [1.165, 1.54) is 23.4 Å². The Morgan fingerprint density at radius 2 is 1.85 bits per heavy atom. The van der Waals surface area contributed by atoms with E-state index < -0.39 is 23.7 Å². The fourth-order valence-electron chi connectivity index (χ4n) is 4.40. The predicted octanol–water partition coefficient (Wildman–Crippen LogP) is 5.39. The Labute approximate surface area is 240 Å². The summed E-state index contributed by atoms with van der Waals surface area (Å²) in [6, 6.07) is 18.6. The number of carbonyl (C=O) groups excluding carboxylic acids is 3. The zero-order valence-electron chi connectivity index (χ0n) is 22.0. The van der Waals surface area contributed by atoms with E-state index in [0.29, 0.717) is 29.2 Å². The first kappa shape index (κ1) is 27.5. The van der Waals surface area contributed by atoms with Gasteiger partial charge >= 0.3 is 11.9 Å². The summed E-state index contributed by atoms with van der Waals surface area (Å²) in [5.41, 5.74) is 2.02. The minimum absolute atomic E-state index is 0.0116. The largest absolute Gasteiger partial charge is 0.507 e. The van der Waals surface area contributed by atoms with Crippen molar-refractivity contribution in [2.75, 3.05) is 11.5 Å². The fraction of sp³-hybridized carbons (Fsp3) is 0.129. The highest BCUT2D eigenvalue weighted by Gasteiger charge is 2.48. The molecule has 3 heterocycles. The molecule has 1 amide bonds. The van der Waals surface area contributed by atoms with Crippen LogP contribution in [-0.4, -0.2) is 39.3 Å². The lowest BCUT2D eigenvalue weighted by Crippen LogP contribution is -2.29. The first-order valence-electron chi connectivity index (χ1n) is 12.6. The number of Topliss-reactive ketones (excluding diaryl/α,β-unsaturated/α-hetero) is 1. The molecule has 1 aliphatic rings. The van der Waals surface area contributed by atoms with Crippen molar-refractivity contribution in [2.45, 2.75) is 19.6 Å². The van der Waals surface area contributed by atoms with Crippen LogP contribution in [0.5, 0.6) is 5.75 Å². The first-order valence-corrected chi connectivity index (χ1v) is 13.4. The van der Waals surface area contributed by atoms with Gasteiger partial charge in [-0.1, -0.05) is 66.5 Å². The van der Waals surface area contributed by atoms with Crippen molar-refractivity contribution < 1.29 is 29.0 Å². The summed E-state index contributed by atoms with van der Waals surface area (Å²) in [4.78, 5) is 49.4. The van der Waals surface area contributed by atoms with Gasteiger partial charge in [0.15, 0.2) is 5.13 Å². The minimum atomic E-state index is -1.05. The molecular formula is C31H25N3O6S. The summed E-state index contributed by atoms with van der Waals surface area (Å²) >= 11 is 0.928. The van der Waals surface area contributed by atoms with Crippen LogP contribution in [0, 0.1) is 6.92 Å². The van der Waals surface area contributed by atoms with Crippen molar-refractivity contribution in [2.24, 2.45) is 0 Å². The molecule has 1 unspecified atom stereocenters. The van der Waals surface area contributed by atoms with E-state index in [9.17, 15) is 19.5 Å². The van der Waals surface area contributed by atoms with Gasteiger partial charge in [-0.3, -0.25) is 19.5 Å². The van der Waals surface area contributed by atoms with Crippen LogP contribution in [0.3, 0.4) is 0 Å². The highest BCUT2D eigenvalue weighted by Crippen LogP contribution is 2.44. The molecular weight excluding hydrogens is 542 g/mol. The zero-order chi connectivity index (χ0) is 28.9. The van der Waals surface area contributed by atoms with Crippen molar-refractivity contribution >= 4 is 39.9 Å². The summed E-state index contributed by atoms with van der Waals surface area (Å²) in [6.07, 6.45) is 4.40. The van der Waals surface area contributed by atoms with Crippen molar-refractivity contribution in [3.63, 3.8) is 0 Å². The van der Waals surface area contributed by atoms with E-state index in [0.717, 1.165) is 16.9 Å². The number of hydrogen-bond donors (Lipinski definition) is 1. The quantitative estimate of drug-likeness (QED) is 0.0940. The number of benzene rings is 2. The maximum absolute atomic E-state index is 13.5. The molecule has 41 heavy (non-hydrogen) atoms. The Kier molecular flexibility index (Phi) is 8.02. The molecule has 10 heteroatoms. The molecule has 0 aliphatic carbocycles. The second-order valence-electron chi connectivity index (χ2n) is 9.05. The molecule has 1 atom stereocenters. The molecule has 2 aromatic heterocycles. The van der Waals surface area contributed by atoms with Gasteiger partial charge in [0, 0.05) is 18.0 Å². The number of esters is 1. The van der Waals surface area contributed by atoms with Gasteiger partial charge in [-0.25, -0.2) is 9.78 Å². The highest BCUT2D eigenvalue weighted by molar-refractivity contribution is 7.17. The van der Waals surface area contributed by atoms with Crippen molar-refractivity contribution in [3.05, 3.63) is 125 Å².